The van der Waals surface area contributed by atoms with E-state index in [1.54, 1.807) is 0 Å². The van der Waals surface area contributed by atoms with Crippen molar-refractivity contribution in [3.63, 3.8) is 0 Å². The van der Waals surface area contributed by atoms with Gasteiger partial charge >= 0.3 is 22.0 Å². The van der Waals surface area contributed by atoms with E-state index in [4.69, 9.17) is 4.55 Å². The van der Waals surface area contributed by atoms with Gasteiger partial charge in [-0.2, -0.15) is 8.42 Å². The fraction of sp³-hybridized carbons (Fsp3) is 0.111. The van der Waals surface area contributed by atoms with Crippen LogP contribution in [0.3, 0.4) is 0 Å². The third kappa shape index (κ3) is 3.11. The van der Waals surface area contributed by atoms with Crippen molar-refractivity contribution in [2.45, 2.75) is 4.90 Å². The zero-order valence-corrected chi connectivity index (χ0v) is 10.7. The number of halogens is 4. The largest absolute Gasteiger partial charge is 0.462 e. The number of carbonyl (C=O) groups is 2. The van der Waals surface area contributed by atoms with Gasteiger partial charge in [0.25, 0.3) is 0 Å². The summed E-state index contributed by atoms with van der Waals surface area (Å²) in [5, 5.41) is 1.17. The van der Waals surface area contributed by atoms with Crippen LogP contribution in [0.25, 0.3) is 0 Å². The van der Waals surface area contributed by atoms with Gasteiger partial charge in [0.05, 0.1) is 7.11 Å². The number of rotatable bonds is 2. The molecule has 0 fully saturated rings. The predicted molar refractivity (Wildman–Crippen MR) is 56.7 cm³/mol. The number of methoxy groups -OCH3 is 1. The van der Waals surface area contributed by atoms with Gasteiger partial charge < -0.3 is 10.1 Å². The third-order valence-corrected chi connectivity index (χ3v) is 2.96. The maximum absolute atomic E-state index is 13.4. The van der Waals surface area contributed by atoms with Crippen LogP contribution in [-0.2, 0) is 24.4 Å². The molecule has 0 aliphatic carbocycles. The van der Waals surface area contributed by atoms with Crippen LogP contribution in [0.5, 0.6) is 0 Å². The monoisotopic (exact) mass is 331 g/mol. The normalized spacial score (nSPS) is 11.1. The molecule has 0 heterocycles. The number of esters is 1. The second-order valence-electron chi connectivity index (χ2n) is 3.38. The molecule has 1 aromatic carbocycles. The van der Waals surface area contributed by atoms with Gasteiger partial charge in [-0.15, -0.1) is 0 Å². The first-order chi connectivity index (χ1) is 9.52. The first-order valence-electron chi connectivity index (χ1n) is 4.75. The molecule has 0 atom stereocenters. The van der Waals surface area contributed by atoms with Crippen molar-refractivity contribution in [3.8, 4) is 0 Å². The van der Waals surface area contributed by atoms with Crippen LogP contribution in [0.2, 0.25) is 0 Å². The zero-order valence-electron chi connectivity index (χ0n) is 9.91. The highest BCUT2D eigenvalue weighted by Gasteiger charge is 2.33. The van der Waals surface area contributed by atoms with Gasteiger partial charge in [0.15, 0.2) is 28.2 Å². The van der Waals surface area contributed by atoms with Gasteiger partial charge in [0.2, 0.25) is 0 Å². The van der Waals surface area contributed by atoms with E-state index in [9.17, 15) is 35.6 Å². The number of nitrogens with one attached hydrogen (secondary N) is 1. The highest BCUT2D eigenvalue weighted by molar-refractivity contribution is 7.85. The van der Waals surface area contributed by atoms with Crippen LogP contribution in [-0.4, -0.2) is 32.0 Å². The maximum atomic E-state index is 13.4. The Bertz CT molecular complexity index is 703. The first kappa shape index (κ1) is 16.8. The summed E-state index contributed by atoms with van der Waals surface area (Å²) in [6.45, 7) is 0. The summed E-state index contributed by atoms with van der Waals surface area (Å²) in [5.74, 6) is -13.0. The molecular formula is C9H5F4NO6S. The Morgan fingerprint density at radius 3 is 1.81 bits per heavy atom. The quantitative estimate of drug-likeness (QED) is 0.270. The number of ether oxygens (including phenoxy) is 1. The molecule has 0 saturated heterocycles. The minimum atomic E-state index is -5.61. The molecular weight excluding hydrogens is 326 g/mol. The number of hydrogen-bond donors (Lipinski definition) is 2. The summed E-state index contributed by atoms with van der Waals surface area (Å²) in [5.41, 5.74) is -1.76. The van der Waals surface area contributed by atoms with Gasteiger partial charge in [0, 0.05) is 0 Å². The number of anilines is 1. The topological polar surface area (TPSA) is 110 Å². The van der Waals surface area contributed by atoms with E-state index in [0.717, 1.165) is 7.11 Å². The van der Waals surface area contributed by atoms with Gasteiger partial charge in [-0.1, -0.05) is 0 Å². The SMILES string of the molecule is COC(=O)C(=O)Nc1c(F)c(F)c(S(=O)(=O)O)c(F)c1F. The second-order valence-corrected chi connectivity index (χ2v) is 4.74. The molecule has 0 aliphatic heterocycles. The summed E-state index contributed by atoms with van der Waals surface area (Å²) < 4.78 is 87.2. The van der Waals surface area contributed by atoms with Crippen LogP contribution in [0, 0.1) is 23.3 Å². The minimum Gasteiger partial charge on any atom is -0.462 e. The number of hydrogen-bond acceptors (Lipinski definition) is 5. The average Bonchev–Trinajstić information content (AvgIpc) is 2.38. The van der Waals surface area contributed by atoms with Crippen molar-refractivity contribution < 1.29 is 44.9 Å². The van der Waals surface area contributed by atoms with Crippen molar-refractivity contribution in [1.82, 2.24) is 0 Å². The molecule has 0 bridgehead atoms. The lowest BCUT2D eigenvalue weighted by atomic mass is 10.2. The first-order valence-corrected chi connectivity index (χ1v) is 6.19. The zero-order chi connectivity index (χ0) is 16.5. The molecule has 0 radical (unpaired) electrons. The number of amides is 1. The van der Waals surface area contributed by atoms with Crippen molar-refractivity contribution in [1.29, 1.82) is 0 Å². The Balaban J connectivity index is 3.52. The van der Waals surface area contributed by atoms with E-state index in [1.165, 1.54) is 5.32 Å². The molecule has 0 spiro atoms. The molecule has 2 N–H and O–H groups in total. The molecule has 1 amide bonds. The van der Waals surface area contributed by atoms with E-state index in [-0.39, 0.29) is 0 Å². The van der Waals surface area contributed by atoms with Crippen molar-refractivity contribution >= 4 is 27.7 Å². The Morgan fingerprint density at radius 1 is 1.05 bits per heavy atom. The standard InChI is InChI=1S/C9H5F4NO6S/c1-20-9(16)8(15)14-6-2(10)4(12)7(21(17,18)19)5(13)3(6)11/h1H3,(H,14,15)(H,17,18,19). The highest BCUT2D eigenvalue weighted by Crippen LogP contribution is 2.30. The summed E-state index contributed by atoms with van der Waals surface area (Å²) in [4.78, 5) is 19.5. The van der Waals surface area contributed by atoms with E-state index < -0.39 is 55.8 Å². The summed E-state index contributed by atoms with van der Waals surface area (Å²) in [6, 6.07) is 0. The average molecular weight is 331 g/mol. The molecule has 7 nitrogen and oxygen atoms in total. The second kappa shape index (κ2) is 5.65. The number of carbonyl (C=O) groups excluding carboxylic acids is 2. The van der Waals surface area contributed by atoms with Crippen LogP contribution in [0.15, 0.2) is 4.90 Å². The van der Waals surface area contributed by atoms with E-state index in [2.05, 4.69) is 4.74 Å². The Morgan fingerprint density at radius 2 is 1.48 bits per heavy atom. The van der Waals surface area contributed by atoms with E-state index in [1.807, 2.05) is 0 Å². The molecule has 12 heteroatoms. The molecule has 1 rings (SSSR count). The van der Waals surface area contributed by atoms with Crippen LogP contribution in [0.1, 0.15) is 0 Å². The van der Waals surface area contributed by atoms with Gasteiger partial charge in [-0.25, -0.2) is 22.4 Å². The van der Waals surface area contributed by atoms with Crippen LogP contribution >= 0.6 is 0 Å². The number of benzene rings is 1. The van der Waals surface area contributed by atoms with Gasteiger partial charge in [0.1, 0.15) is 5.69 Å². The molecule has 116 valence electrons. The highest BCUT2D eigenvalue weighted by atomic mass is 32.2. The van der Waals surface area contributed by atoms with Gasteiger partial charge in [-0.05, 0) is 0 Å². The minimum absolute atomic E-state index is 0.747. The molecule has 1 aromatic rings. The van der Waals surface area contributed by atoms with Crippen molar-refractivity contribution in [3.05, 3.63) is 23.3 Å². The predicted octanol–water partition coefficient (Wildman–Crippen LogP) is 0.601. The molecule has 0 aromatic heterocycles. The summed E-state index contributed by atoms with van der Waals surface area (Å²) >= 11 is 0. The molecule has 0 unspecified atom stereocenters. The molecule has 21 heavy (non-hydrogen) atoms. The van der Waals surface area contributed by atoms with Crippen LogP contribution < -0.4 is 5.32 Å². The maximum Gasteiger partial charge on any atom is 0.396 e. The van der Waals surface area contributed by atoms with E-state index >= 15 is 0 Å². The van der Waals surface area contributed by atoms with Crippen LogP contribution in [0.4, 0.5) is 23.2 Å². The van der Waals surface area contributed by atoms with E-state index in [0.29, 0.717) is 0 Å². The van der Waals surface area contributed by atoms with Crippen molar-refractivity contribution in [2.24, 2.45) is 0 Å². The lowest BCUT2D eigenvalue weighted by Gasteiger charge is -2.10. The van der Waals surface area contributed by atoms with Crippen molar-refractivity contribution in [2.75, 3.05) is 12.4 Å². The Hall–Kier alpha value is -2.21. The summed E-state index contributed by atoms with van der Waals surface area (Å²) in [7, 11) is -4.86. The fourth-order valence-corrected chi connectivity index (χ4v) is 1.84. The van der Waals surface area contributed by atoms with Gasteiger partial charge in [-0.3, -0.25) is 9.35 Å². The lowest BCUT2D eigenvalue weighted by Crippen LogP contribution is -2.26. The molecule has 0 aliphatic rings. The fourth-order valence-electron chi connectivity index (χ4n) is 1.21. The smallest absolute Gasteiger partial charge is 0.396 e. The Labute approximate surface area is 114 Å². The third-order valence-electron chi connectivity index (χ3n) is 2.09. The molecule has 0 saturated carbocycles. The Kier molecular flexibility index (Phi) is 4.53. The summed E-state index contributed by atoms with van der Waals surface area (Å²) in [6.07, 6.45) is 0. The lowest BCUT2D eigenvalue weighted by molar-refractivity contribution is -0.150.